The summed E-state index contributed by atoms with van der Waals surface area (Å²) in [4.78, 5) is 18.5. The first-order valence-electron chi connectivity index (χ1n) is 26.2. The maximum atomic E-state index is 12.8. The lowest BCUT2D eigenvalue weighted by Crippen LogP contribution is -2.36. The van der Waals surface area contributed by atoms with Gasteiger partial charge in [-0.25, -0.2) is 4.89 Å². The molecule has 0 bridgehead atoms. The maximum Gasteiger partial charge on any atom is 0.238 e. The molecule has 2 nitrogen and oxygen atoms in total. The Morgan fingerprint density at radius 1 is 0.639 bits per heavy atom. The van der Waals surface area contributed by atoms with E-state index in [1.54, 1.807) is 11.1 Å². The molecule has 8 aliphatic rings. The third kappa shape index (κ3) is 5.83. The Balaban J connectivity index is 0.841. The van der Waals surface area contributed by atoms with Crippen LogP contribution in [0, 0.1) is 23.7 Å². The van der Waals surface area contributed by atoms with E-state index in [0.29, 0.717) is 0 Å². The summed E-state index contributed by atoms with van der Waals surface area (Å²) in [6.45, 7) is 5.00. The number of hydrogen-bond acceptors (Lipinski definition) is 2. The van der Waals surface area contributed by atoms with Gasteiger partial charge in [0.2, 0.25) is 7.49 Å². The van der Waals surface area contributed by atoms with E-state index in [0.717, 1.165) is 46.5 Å². The van der Waals surface area contributed by atoms with Crippen LogP contribution in [0.1, 0.15) is 77.1 Å². The first-order chi connectivity index (χ1) is 35.4. The molecule has 1 heterocycles. The summed E-state index contributed by atoms with van der Waals surface area (Å²) in [5.41, 5.74) is 21.9. The largest absolute Gasteiger partial charge is 0.280 e. The van der Waals surface area contributed by atoms with Crippen LogP contribution < -0.4 is 10.6 Å². The number of hydrogen-bond donors (Lipinski definition) is 1. The SMILES string of the molecule is CC1C=C([C@@]2(C)C3=C(C4=C(C5c6ccccc6-c6cccc4c65)C4C=CC=CC34)c3c2ccc2ccccc32)C=CC1C1Cc2ccccc2C(c2ccc([P+](O)(C3=CCCC=C3)c3ccccc3)cc2)=N1. The Morgan fingerprint density at radius 3 is 2.21 bits per heavy atom. The highest BCUT2D eigenvalue weighted by Gasteiger charge is 2.56. The smallest absolute Gasteiger partial charge is 0.238 e. The van der Waals surface area contributed by atoms with Crippen LogP contribution in [0.5, 0.6) is 0 Å². The molecule has 0 saturated carbocycles. The third-order valence-corrected chi connectivity index (χ3v) is 21.2. The van der Waals surface area contributed by atoms with Crippen molar-refractivity contribution in [3.63, 3.8) is 0 Å². The van der Waals surface area contributed by atoms with Crippen LogP contribution in [-0.4, -0.2) is 16.6 Å². The molecule has 1 N–H and O–H groups in total. The summed E-state index contributed by atoms with van der Waals surface area (Å²) >= 11 is 0. The van der Waals surface area contributed by atoms with Crippen LogP contribution >= 0.6 is 7.49 Å². The Morgan fingerprint density at radius 2 is 1.38 bits per heavy atom. The second-order valence-electron chi connectivity index (χ2n) is 21.5. The summed E-state index contributed by atoms with van der Waals surface area (Å²) in [7, 11) is -2.82. The molecular weight excluding hydrogens is 890 g/mol. The van der Waals surface area contributed by atoms with E-state index in [2.05, 4.69) is 214 Å². The van der Waals surface area contributed by atoms with Gasteiger partial charge in [0.15, 0.2) is 0 Å². The van der Waals surface area contributed by atoms with Crippen molar-refractivity contribution in [3.05, 3.63) is 285 Å². The van der Waals surface area contributed by atoms with E-state index in [4.69, 9.17) is 4.99 Å². The first-order valence-corrected chi connectivity index (χ1v) is 28.0. The molecule has 7 aliphatic carbocycles. The Kier molecular flexibility index (Phi) is 9.37. The number of rotatable bonds is 6. The van der Waals surface area contributed by atoms with Gasteiger partial charge in [-0.1, -0.05) is 177 Å². The van der Waals surface area contributed by atoms with Gasteiger partial charge in [0.05, 0.1) is 11.8 Å². The van der Waals surface area contributed by atoms with Gasteiger partial charge in [-0.15, -0.1) is 0 Å². The molecular formula is C69H55NOP+. The van der Waals surface area contributed by atoms with Crippen LogP contribution in [-0.2, 0) is 11.8 Å². The molecule has 8 atom stereocenters. The third-order valence-electron chi connectivity index (χ3n) is 18.0. The normalized spacial score (nSPS) is 26.5. The summed E-state index contributed by atoms with van der Waals surface area (Å²) < 4.78 is 0. The van der Waals surface area contributed by atoms with Crippen molar-refractivity contribution in [3.8, 4) is 11.1 Å². The van der Waals surface area contributed by atoms with Gasteiger partial charge in [-0.05, 0) is 164 Å². The average Bonchev–Trinajstić information content (AvgIpc) is 4.08. The van der Waals surface area contributed by atoms with E-state index in [-0.39, 0.29) is 41.0 Å². The zero-order chi connectivity index (χ0) is 47.9. The van der Waals surface area contributed by atoms with Crippen molar-refractivity contribution in [2.75, 3.05) is 0 Å². The molecule has 7 aromatic carbocycles. The molecule has 7 aromatic rings. The molecule has 0 saturated heterocycles. The minimum atomic E-state index is -2.82. The second kappa shape index (κ2) is 15.9. The molecule has 0 spiro atoms. The van der Waals surface area contributed by atoms with E-state index in [1.807, 2.05) is 18.2 Å². The first kappa shape index (κ1) is 42.5. The number of nitrogens with zero attached hydrogens (tertiary/aromatic N) is 1. The fraction of sp³-hybridized carbons (Fsp3) is 0.174. The van der Waals surface area contributed by atoms with Crippen LogP contribution in [0.2, 0.25) is 0 Å². The predicted octanol–water partition coefficient (Wildman–Crippen LogP) is 15.1. The fourth-order valence-electron chi connectivity index (χ4n) is 14.8. The molecule has 346 valence electrons. The van der Waals surface area contributed by atoms with E-state index in [9.17, 15) is 4.89 Å². The molecule has 15 rings (SSSR count). The zero-order valence-electron chi connectivity index (χ0n) is 40.7. The topological polar surface area (TPSA) is 32.6 Å². The highest BCUT2D eigenvalue weighted by molar-refractivity contribution is 7.88. The lowest BCUT2D eigenvalue weighted by Gasteiger charge is -2.43. The summed E-state index contributed by atoms with van der Waals surface area (Å²) in [6, 6.07) is 58.3. The molecule has 72 heavy (non-hydrogen) atoms. The highest BCUT2D eigenvalue weighted by Crippen LogP contribution is 2.70. The fourth-order valence-corrected chi connectivity index (χ4v) is 17.6. The molecule has 0 radical (unpaired) electrons. The maximum absolute atomic E-state index is 12.8. The monoisotopic (exact) mass is 944 g/mol. The molecule has 0 amide bonds. The number of aliphatic imine (C=N–C) groups is 1. The van der Waals surface area contributed by atoms with Crippen LogP contribution in [0.3, 0.4) is 0 Å². The van der Waals surface area contributed by atoms with Gasteiger partial charge < -0.3 is 0 Å². The number of benzene rings is 7. The van der Waals surface area contributed by atoms with Gasteiger partial charge in [0.1, 0.15) is 15.9 Å². The average molecular weight is 945 g/mol. The van der Waals surface area contributed by atoms with Crippen molar-refractivity contribution in [2.24, 2.45) is 28.7 Å². The minimum absolute atomic E-state index is 0.0695. The van der Waals surface area contributed by atoms with Crippen molar-refractivity contribution in [2.45, 2.75) is 50.5 Å². The molecule has 7 unspecified atom stereocenters. The summed E-state index contributed by atoms with van der Waals surface area (Å²) in [6.07, 6.45) is 26.8. The van der Waals surface area contributed by atoms with Gasteiger partial charge in [-0.3, -0.25) is 4.99 Å². The molecule has 1 aliphatic heterocycles. The summed E-state index contributed by atoms with van der Waals surface area (Å²) in [5.74, 6) is 1.22. The van der Waals surface area contributed by atoms with Crippen molar-refractivity contribution in [1.29, 1.82) is 0 Å². The van der Waals surface area contributed by atoms with E-state index >= 15 is 0 Å². The molecule has 0 aromatic heterocycles. The van der Waals surface area contributed by atoms with Gasteiger partial charge in [0.25, 0.3) is 0 Å². The second-order valence-corrected chi connectivity index (χ2v) is 24.3. The molecule has 3 heteroatoms. The van der Waals surface area contributed by atoms with Crippen molar-refractivity contribution >= 4 is 45.7 Å². The van der Waals surface area contributed by atoms with Crippen LogP contribution in [0.25, 0.3) is 33.0 Å². The predicted molar refractivity (Wildman–Crippen MR) is 301 cm³/mol. The number of fused-ring (bicyclic) bond motifs is 14. The van der Waals surface area contributed by atoms with Crippen LogP contribution in [0.15, 0.2) is 246 Å². The van der Waals surface area contributed by atoms with Gasteiger partial charge in [-0.2, -0.15) is 0 Å². The standard InChI is InChI=1S/C69H55NOP/c1-42-40-46(35-38-50(42)60-41-45-19-10-12-25-52(45)68(70-60)44-32-36-49(37-33-44)72(71,47-20-5-3-6-21-47)48-22-7-4-8-23-48)69(2)59-39-34-43-18-9-11-24-51(43)62(59)66-65-58-31-17-30-54-53-26-13-14-27-55(53)63(61(54)58)64(65)56-28-15-16-29-57(56)67(66)69/h3,5-7,9-40,42,50,56-57,60,63,71H,4,8,41H2,1-2H3/q+1/t42?,50?,56?,57?,60?,63?,69-,72?/m1/s1. The van der Waals surface area contributed by atoms with Crippen LogP contribution in [0.4, 0.5) is 0 Å². The van der Waals surface area contributed by atoms with Gasteiger partial charge >= 0.3 is 0 Å². The Labute approximate surface area is 423 Å². The lowest BCUT2D eigenvalue weighted by molar-refractivity contribution is 0.402. The Bertz CT molecular complexity index is 3800. The highest BCUT2D eigenvalue weighted by atomic mass is 31.2. The Hall–Kier alpha value is -7.22. The van der Waals surface area contributed by atoms with Crippen molar-refractivity contribution < 1.29 is 4.89 Å². The quantitative estimate of drug-likeness (QED) is 0.166. The van der Waals surface area contributed by atoms with Gasteiger partial charge in [0, 0.05) is 40.2 Å². The zero-order valence-corrected chi connectivity index (χ0v) is 41.6. The molecule has 0 fully saturated rings. The minimum Gasteiger partial charge on any atom is -0.280 e. The summed E-state index contributed by atoms with van der Waals surface area (Å²) in [5, 5.41) is 5.64. The number of allylic oxidation sites excluding steroid dienone is 15. The van der Waals surface area contributed by atoms with Crippen molar-refractivity contribution in [1.82, 2.24) is 0 Å². The lowest BCUT2D eigenvalue weighted by atomic mass is 9.60. The van der Waals surface area contributed by atoms with E-state index in [1.165, 1.54) is 77.6 Å². The van der Waals surface area contributed by atoms with E-state index < -0.39 is 7.49 Å².